The maximum absolute atomic E-state index is 13.0. The van der Waals surface area contributed by atoms with Gasteiger partial charge in [-0.1, -0.05) is 6.07 Å². The number of sulfonamides is 1. The first kappa shape index (κ1) is 16.7. The van der Waals surface area contributed by atoms with E-state index in [4.69, 9.17) is 4.74 Å². The van der Waals surface area contributed by atoms with Crippen molar-refractivity contribution >= 4 is 19.9 Å². The van der Waals surface area contributed by atoms with Gasteiger partial charge in [0.1, 0.15) is 5.75 Å². The number of methoxy groups -OCH3 is 1. The quantitative estimate of drug-likeness (QED) is 0.742. The van der Waals surface area contributed by atoms with Crippen LogP contribution in [0.2, 0.25) is 0 Å². The number of fused-ring (bicyclic) bond motifs is 1. The van der Waals surface area contributed by atoms with Crippen LogP contribution in [-0.2, 0) is 19.9 Å². The van der Waals surface area contributed by atoms with Gasteiger partial charge in [0.05, 0.1) is 29.6 Å². The minimum Gasteiger partial charge on any atom is -0.497 e. The van der Waals surface area contributed by atoms with E-state index in [1.165, 1.54) is 23.5 Å². The fraction of sp³-hybridized carbons (Fsp3) is 0.571. The number of sulfone groups is 1. The lowest BCUT2D eigenvalue weighted by Gasteiger charge is -2.41. The van der Waals surface area contributed by atoms with Gasteiger partial charge < -0.3 is 4.74 Å². The highest BCUT2D eigenvalue weighted by Gasteiger charge is 2.49. The molecule has 0 aliphatic carbocycles. The lowest BCUT2D eigenvalue weighted by Crippen LogP contribution is -2.59. The van der Waals surface area contributed by atoms with Gasteiger partial charge in [-0.15, -0.1) is 0 Å². The van der Waals surface area contributed by atoms with Crippen molar-refractivity contribution in [2.24, 2.45) is 0 Å². The minimum atomic E-state index is -3.76. The number of rotatable bonds is 3. The van der Waals surface area contributed by atoms with Crippen molar-refractivity contribution in [1.82, 2.24) is 9.21 Å². The van der Waals surface area contributed by atoms with Crippen molar-refractivity contribution in [3.05, 3.63) is 24.3 Å². The van der Waals surface area contributed by atoms with E-state index in [0.29, 0.717) is 12.3 Å². The Morgan fingerprint density at radius 2 is 1.87 bits per heavy atom. The molecule has 0 aromatic heterocycles. The molecule has 3 rings (SSSR count). The van der Waals surface area contributed by atoms with E-state index in [0.717, 1.165) is 0 Å². The van der Waals surface area contributed by atoms with Gasteiger partial charge in [0.2, 0.25) is 10.0 Å². The highest BCUT2D eigenvalue weighted by molar-refractivity contribution is 7.92. The number of ether oxygens (including phenoxy) is 1. The van der Waals surface area contributed by atoms with Crippen molar-refractivity contribution in [3.63, 3.8) is 0 Å². The Bertz CT molecular complexity index is 806. The third kappa shape index (κ3) is 2.98. The maximum Gasteiger partial charge on any atom is 0.243 e. The molecule has 0 N–H and O–H groups in total. The minimum absolute atomic E-state index is 0.0122. The first-order chi connectivity index (χ1) is 10.7. The van der Waals surface area contributed by atoms with Crippen LogP contribution >= 0.6 is 0 Å². The molecule has 0 spiro atoms. The van der Waals surface area contributed by atoms with Crippen molar-refractivity contribution in [2.75, 3.05) is 38.8 Å². The summed E-state index contributed by atoms with van der Waals surface area (Å²) in [6, 6.07) is 5.45. The molecule has 2 heterocycles. The molecular weight excluding hydrogens is 340 g/mol. The highest BCUT2D eigenvalue weighted by Crippen LogP contribution is 2.31. The third-order valence-electron chi connectivity index (χ3n) is 4.55. The molecule has 2 aliphatic rings. The zero-order valence-corrected chi connectivity index (χ0v) is 14.7. The van der Waals surface area contributed by atoms with Gasteiger partial charge in [0, 0.05) is 25.2 Å². The summed E-state index contributed by atoms with van der Waals surface area (Å²) < 4.78 is 56.3. The van der Waals surface area contributed by atoms with Crippen LogP contribution in [0.25, 0.3) is 0 Å². The summed E-state index contributed by atoms with van der Waals surface area (Å²) in [7, 11) is -3.67. The molecule has 2 saturated heterocycles. The van der Waals surface area contributed by atoms with Gasteiger partial charge in [-0.25, -0.2) is 16.8 Å². The van der Waals surface area contributed by atoms with Gasteiger partial charge in [-0.3, -0.25) is 4.90 Å². The molecule has 23 heavy (non-hydrogen) atoms. The normalized spacial score (nSPS) is 28.4. The summed E-state index contributed by atoms with van der Waals surface area (Å²) in [4.78, 5) is 2.07. The van der Waals surface area contributed by atoms with E-state index in [1.807, 2.05) is 11.9 Å². The molecule has 0 saturated carbocycles. The fourth-order valence-corrected chi connectivity index (χ4v) is 7.12. The van der Waals surface area contributed by atoms with Crippen LogP contribution in [0.5, 0.6) is 5.75 Å². The molecule has 7 nitrogen and oxygen atoms in total. The maximum atomic E-state index is 13.0. The zero-order valence-electron chi connectivity index (χ0n) is 13.0. The predicted octanol–water partition coefficient (Wildman–Crippen LogP) is -0.203. The topological polar surface area (TPSA) is 84.0 Å². The van der Waals surface area contributed by atoms with E-state index >= 15 is 0 Å². The summed E-state index contributed by atoms with van der Waals surface area (Å²) in [5, 5.41) is 0. The number of nitrogens with zero attached hydrogens (tertiary/aromatic N) is 2. The first-order valence-corrected chi connectivity index (χ1v) is 10.6. The monoisotopic (exact) mass is 360 g/mol. The molecule has 0 amide bonds. The Kier molecular flexibility index (Phi) is 4.16. The van der Waals surface area contributed by atoms with E-state index < -0.39 is 25.9 Å². The summed E-state index contributed by atoms with van der Waals surface area (Å²) >= 11 is 0. The Morgan fingerprint density at radius 3 is 2.57 bits per heavy atom. The van der Waals surface area contributed by atoms with Crippen LogP contribution < -0.4 is 4.74 Å². The number of hydrogen-bond acceptors (Lipinski definition) is 6. The van der Waals surface area contributed by atoms with Crippen LogP contribution in [0.3, 0.4) is 0 Å². The smallest absolute Gasteiger partial charge is 0.243 e. The SMILES string of the molecule is COc1cccc(S(=O)(=O)N2CCN(C)[C@H]3CS(=O)(=O)C[C@H]32)c1. The second-order valence-electron chi connectivity index (χ2n) is 5.99. The van der Waals surface area contributed by atoms with Crippen LogP contribution in [0, 0.1) is 0 Å². The van der Waals surface area contributed by atoms with Crippen LogP contribution in [0.1, 0.15) is 0 Å². The van der Waals surface area contributed by atoms with E-state index in [-0.39, 0.29) is 29.0 Å². The highest BCUT2D eigenvalue weighted by atomic mass is 32.2. The third-order valence-corrected chi connectivity index (χ3v) is 8.17. The summed E-state index contributed by atoms with van der Waals surface area (Å²) in [5.74, 6) is 0.347. The van der Waals surface area contributed by atoms with E-state index in [2.05, 4.69) is 0 Å². The Balaban J connectivity index is 1.99. The molecule has 2 fully saturated rings. The standard InChI is InChI=1S/C14H20N2O5S2/c1-15-6-7-16(14-10-22(17,18)9-13(14)15)23(19,20)12-5-3-4-11(8-12)21-2/h3-5,8,13-14H,6-7,9-10H2,1-2H3/t13-,14+/m0/s1. The molecule has 0 unspecified atom stereocenters. The van der Waals surface area contributed by atoms with Crippen molar-refractivity contribution in [3.8, 4) is 5.75 Å². The molecule has 0 bridgehead atoms. The second kappa shape index (κ2) is 5.73. The summed E-state index contributed by atoms with van der Waals surface area (Å²) in [5.41, 5.74) is 0. The van der Waals surface area contributed by atoms with Gasteiger partial charge in [0.25, 0.3) is 0 Å². The van der Waals surface area contributed by atoms with Gasteiger partial charge >= 0.3 is 0 Å². The fourth-order valence-electron chi connectivity index (χ4n) is 3.29. The molecular formula is C14H20N2O5S2. The van der Waals surface area contributed by atoms with Crippen LogP contribution in [0.15, 0.2) is 29.2 Å². The van der Waals surface area contributed by atoms with E-state index in [1.54, 1.807) is 12.1 Å². The summed E-state index contributed by atoms with van der Waals surface area (Å²) in [6.07, 6.45) is 0. The number of hydrogen-bond donors (Lipinski definition) is 0. The van der Waals surface area contributed by atoms with E-state index in [9.17, 15) is 16.8 Å². The largest absolute Gasteiger partial charge is 0.497 e. The Hall–Kier alpha value is -1.16. The molecule has 0 radical (unpaired) electrons. The number of likely N-dealkylation sites (N-methyl/N-ethyl adjacent to an activating group) is 1. The van der Waals surface area contributed by atoms with Crippen molar-refractivity contribution < 1.29 is 21.6 Å². The van der Waals surface area contributed by atoms with Gasteiger partial charge in [-0.05, 0) is 19.2 Å². The lowest BCUT2D eigenvalue weighted by molar-refractivity contribution is 0.121. The molecule has 9 heteroatoms. The summed E-state index contributed by atoms with van der Waals surface area (Å²) in [6.45, 7) is 0.798. The molecule has 2 aliphatic heterocycles. The predicted molar refractivity (Wildman–Crippen MR) is 85.7 cm³/mol. The van der Waals surface area contributed by atoms with Crippen LogP contribution in [0.4, 0.5) is 0 Å². The first-order valence-electron chi connectivity index (χ1n) is 7.31. The zero-order chi connectivity index (χ0) is 16.8. The average Bonchev–Trinajstić information content (AvgIpc) is 2.83. The van der Waals surface area contributed by atoms with Crippen molar-refractivity contribution in [2.45, 2.75) is 17.0 Å². The molecule has 1 aromatic rings. The average molecular weight is 360 g/mol. The second-order valence-corrected chi connectivity index (χ2v) is 10.0. The Morgan fingerprint density at radius 1 is 1.17 bits per heavy atom. The lowest BCUT2D eigenvalue weighted by atomic mass is 10.1. The van der Waals surface area contributed by atoms with Gasteiger partial charge in [-0.2, -0.15) is 4.31 Å². The molecule has 128 valence electrons. The molecule has 2 atom stereocenters. The van der Waals surface area contributed by atoms with Crippen molar-refractivity contribution in [1.29, 1.82) is 0 Å². The van der Waals surface area contributed by atoms with Gasteiger partial charge in [0.15, 0.2) is 9.84 Å². The number of benzene rings is 1. The van der Waals surface area contributed by atoms with Crippen LogP contribution in [-0.4, -0.2) is 76.9 Å². The molecule has 1 aromatic carbocycles. The Labute approximate surface area is 136 Å². The number of piperazine rings is 1.